The van der Waals surface area contributed by atoms with Gasteiger partial charge in [0.1, 0.15) is 0 Å². The first-order valence-electron chi connectivity index (χ1n) is 8.90. The van der Waals surface area contributed by atoms with E-state index in [0.29, 0.717) is 18.8 Å². The van der Waals surface area contributed by atoms with Gasteiger partial charge in [0, 0.05) is 24.0 Å². The molecule has 1 unspecified atom stereocenters. The highest BCUT2D eigenvalue weighted by molar-refractivity contribution is 6.13. The minimum absolute atomic E-state index is 0.0179. The Hall–Kier alpha value is -2.04. The van der Waals surface area contributed by atoms with Crippen LogP contribution in [0.5, 0.6) is 0 Å². The fourth-order valence-electron chi connectivity index (χ4n) is 4.39. The molecule has 1 saturated heterocycles. The number of hydrogen-bond acceptors (Lipinski definition) is 4. The van der Waals surface area contributed by atoms with Crippen LogP contribution in [0.2, 0.25) is 0 Å². The first-order chi connectivity index (χ1) is 12.1. The Balaban J connectivity index is 1.72. The molecule has 3 aliphatic rings. The van der Waals surface area contributed by atoms with Crippen molar-refractivity contribution in [3.63, 3.8) is 0 Å². The van der Waals surface area contributed by atoms with Gasteiger partial charge >= 0.3 is 0 Å². The monoisotopic (exact) mass is 338 g/mol. The molecule has 1 atom stereocenters. The summed E-state index contributed by atoms with van der Waals surface area (Å²) in [6.07, 6.45) is 4.68. The number of ether oxygens (including phenoxy) is 2. The highest BCUT2D eigenvalue weighted by atomic mass is 16.7. The van der Waals surface area contributed by atoms with E-state index in [4.69, 9.17) is 9.47 Å². The lowest BCUT2D eigenvalue weighted by molar-refractivity contribution is -0.179. The molecule has 1 aliphatic heterocycles. The number of carbonyl (C=O) groups is 2. The van der Waals surface area contributed by atoms with Gasteiger partial charge in [-0.05, 0) is 37.3 Å². The minimum atomic E-state index is -0.485. The topological polar surface area (TPSA) is 52.6 Å². The maximum Gasteiger partial charge on any atom is 0.193 e. The van der Waals surface area contributed by atoms with E-state index >= 15 is 0 Å². The van der Waals surface area contributed by atoms with Crippen molar-refractivity contribution < 1.29 is 19.1 Å². The summed E-state index contributed by atoms with van der Waals surface area (Å²) < 4.78 is 11.7. The molecular formula is C21H22O4. The van der Waals surface area contributed by atoms with Crippen molar-refractivity contribution in [2.45, 2.75) is 38.4 Å². The summed E-state index contributed by atoms with van der Waals surface area (Å²) in [4.78, 5) is 24.8. The number of ketones is 2. The quantitative estimate of drug-likeness (QED) is 0.624. The van der Waals surface area contributed by atoms with Gasteiger partial charge in [-0.25, -0.2) is 0 Å². The molecule has 0 bridgehead atoms. The molecule has 1 aromatic rings. The van der Waals surface area contributed by atoms with Gasteiger partial charge in [-0.2, -0.15) is 0 Å². The first-order valence-corrected chi connectivity index (χ1v) is 8.90. The highest BCUT2D eigenvalue weighted by Gasteiger charge is 2.47. The van der Waals surface area contributed by atoms with E-state index in [0.717, 1.165) is 36.8 Å². The van der Waals surface area contributed by atoms with Gasteiger partial charge in [0.25, 0.3) is 0 Å². The molecule has 1 aromatic carbocycles. The SMILES string of the molecule is CC(=O)/C=C1\CC2CC3(CCC2=C1C(=O)c1ccccc1)OCCO3. The molecule has 25 heavy (non-hydrogen) atoms. The van der Waals surface area contributed by atoms with Gasteiger partial charge in [-0.1, -0.05) is 35.9 Å². The maximum atomic E-state index is 13.1. The Bertz CT molecular complexity index is 766. The molecule has 2 fully saturated rings. The summed E-state index contributed by atoms with van der Waals surface area (Å²) >= 11 is 0. The van der Waals surface area contributed by atoms with Crippen molar-refractivity contribution in [3.8, 4) is 0 Å². The van der Waals surface area contributed by atoms with Crippen LogP contribution in [0.15, 0.2) is 53.1 Å². The molecule has 1 saturated carbocycles. The third-order valence-corrected chi connectivity index (χ3v) is 5.39. The van der Waals surface area contributed by atoms with Crippen LogP contribution < -0.4 is 0 Å². The molecule has 1 heterocycles. The van der Waals surface area contributed by atoms with Crippen molar-refractivity contribution >= 4 is 11.6 Å². The van der Waals surface area contributed by atoms with Crippen LogP contribution in [0.1, 0.15) is 43.0 Å². The smallest absolute Gasteiger partial charge is 0.193 e. The lowest BCUT2D eigenvalue weighted by Gasteiger charge is -2.36. The Morgan fingerprint density at radius 2 is 1.88 bits per heavy atom. The molecule has 4 rings (SSSR count). The van der Waals surface area contributed by atoms with Crippen LogP contribution in [0.4, 0.5) is 0 Å². The summed E-state index contributed by atoms with van der Waals surface area (Å²) in [5, 5.41) is 0. The zero-order valence-corrected chi connectivity index (χ0v) is 14.4. The summed E-state index contributed by atoms with van der Waals surface area (Å²) in [6.45, 7) is 2.81. The molecule has 4 heteroatoms. The third kappa shape index (κ3) is 3.00. The van der Waals surface area contributed by atoms with Crippen LogP contribution in [0.3, 0.4) is 0 Å². The zero-order chi connectivity index (χ0) is 17.4. The van der Waals surface area contributed by atoms with Crippen LogP contribution in [0.25, 0.3) is 0 Å². The van der Waals surface area contributed by atoms with E-state index < -0.39 is 5.79 Å². The minimum Gasteiger partial charge on any atom is -0.348 e. The van der Waals surface area contributed by atoms with Gasteiger partial charge in [0.2, 0.25) is 0 Å². The number of benzene rings is 1. The summed E-state index contributed by atoms with van der Waals surface area (Å²) in [6, 6.07) is 9.31. The number of carbonyl (C=O) groups excluding carboxylic acids is 2. The van der Waals surface area contributed by atoms with E-state index in [1.807, 2.05) is 30.3 Å². The van der Waals surface area contributed by atoms with Gasteiger partial charge in [-0.3, -0.25) is 9.59 Å². The van der Waals surface area contributed by atoms with Crippen LogP contribution in [-0.2, 0) is 14.3 Å². The number of allylic oxidation sites excluding steroid dienone is 4. The molecule has 0 aromatic heterocycles. The highest BCUT2D eigenvalue weighted by Crippen LogP contribution is 2.50. The van der Waals surface area contributed by atoms with E-state index in [1.165, 1.54) is 12.5 Å². The lowest BCUT2D eigenvalue weighted by Crippen LogP contribution is -2.36. The van der Waals surface area contributed by atoms with Gasteiger partial charge in [-0.15, -0.1) is 0 Å². The summed E-state index contributed by atoms with van der Waals surface area (Å²) in [5.74, 6) is -0.258. The molecule has 0 amide bonds. The van der Waals surface area contributed by atoms with Crippen LogP contribution >= 0.6 is 0 Å². The zero-order valence-electron chi connectivity index (χ0n) is 14.4. The van der Waals surface area contributed by atoms with E-state index in [1.54, 1.807) is 6.08 Å². The first kappa shape index (κ1) is 16.4. The number of fused-ring (bicyclic) bond motifs is 1. The molecule has 2 aliphatic carbocycles. The third-order valence-electron chi connectivity index (χ3n) is 5.39. The molecule has 1 spiro atoms. The number of rotatable bonds is 3. The van der Waals surface area contributed by atoms with Crippen molar-refractivity contribution in [2.24, 2.45) is 5.92 Å². The van der Waals surface area contributed by atoms with Crippen molar-refractivity contribution in [1.82, 2.24) is 0 Å². The van der Waals surface area contributed by atoms with E-state index in [-0.39, 0.29) is 17.5 Å². The Kier molecular flexibility index (Phi) is 4.18. The Labute approximate surface area is 147 Å². The second-order valence-electron chi connectivity index (χ2n) is 7.09. The maximum absolute atomic E-state index is 13.1. The molecule has 130 valence electrons. The summed E-state index contributed by atoms with van der Waals surface area (Å²) in [5.41, 5.74) is 3.47. The summed E-state index contributed by atoms with van der Waals surface area (Å²) in [7, 11) is 0. The molecule has 4 nitrogen and oxygen atoms in total. The molecule has 0 N–H and O–H groups in total. The largest absolute Gasteiger partial charge is 0.348 e. The Morgan fingerprint density at radius 3 is 2.56 bits per heavy atom. The predicted octanol–water partition coefficient (Wildman–Crippen LogP) is 3.63. The van der Waals surface area contributed by atoms with Crippen molar-refractivity contribution in [1.29, 1.82) is 0 Å². The molecule has 0 radical (unpaired) electrons. The average molecular weight is 338 g/mol. The number of Topliss-reactive ketones (excluding diaryl/α,β-unsaturated/α-hetero) is 1. The van der Waals surface area contributed by atoms with Crippen LogP contribution in [0, 0.1) is 5.92 Å². The lowest BCUT2D eigenvalue weighted by atomic mass is 9.81. The van der Waals surface area contributed by atoms with Gasteiger partial charge < -0.3 is 9.47 Å². The molecular weight excluding hydrogens is 316 g/mol. The van der Waals surface area contributed by atoms with E-state index in [9.17, 15) is 9.59 Å². The van der Waals surface area contributed by atoms with Crippen molar-refractivity contribution in [3.05, 3.63) is 58.7 Å². The second-order valence-corrected chi connectivity index (χ2v) is 7.09. The van der Waals surface area contributed by atoms with Gasteiger partial charge in [0.05, 0.1) is 13.2 Å². The normalized spacial score (nSPS) is 26.3. The second kappa shape index (κ2) is 6.36. The van der Waals surface area contributed by atoms with Crippen molar-refractivity contribution in [2.75, 3.05) is 13.2 Å². The predicted molar refractivity (Wildman–Crippen MR) is 93.2 cm³/mol. The average Bonchev–Trinajstić information content (AvgIpc) is 3.19. The Morgan fingerprint density at radius 1 is 1.16 bits per heavy atom. The fourth-order valence-corrected chi connectivity index (χ4v) is 4.39. The standard InChI is InChI=1S/C21H22O4/c1-14(22)11-16-12-17-13-21(24-9-10-25-21)8-7-18(17)19(16)20(23)15-5-3-2-4-6-15/h2-6,11,17H,7-10,12-13H2,1H3/b16-11+. The fraction of sp³-hybridized carbons (Fsp3) is 0.429. The van der Waals surface area contributed by atoms with Gasteiger partial charge in [0.15, 0.2) is 17.4 Å². The van der Waals surface area contributed by atoms with Crippen LogP contribution in [-0.4, -0.2) is 30.6 Å². The van der Waals surface area contributed by atoms with E-state index in [2.05, 4.69) is 0 Å². The number of hydrogen-bond donors (Lipinski definition) is 0.